The van der Waals surface area contributed by atoms with E-state index in [1.54, 1.807) is 11.1 Å². The van der Waals surface area contributed by atoms with Gasteiger partial charge in [-0.3, -0.25) is 0 Å². The van der Waals surface area contributed by atoms with Gasteiger partial charge in [-0.2, -0.15) is 0 Å². The summed E-state index contributed by atoms with van der Waals surface area (Å²) in [7, 11) is 0. The fourth-order valence-corrected chi connectivity index (χ4v) is 4.01. The largest absolute Gasteiger partial charge is 0.310 e. The molecule has 1 fully saturated rings. The van der Waals surface area contributed by atoms with Crippen LogP contribution < -0.4 is 5.32 Å². The molecule has 2 aliphatic carbocycles. The van der Waals surface area contributed by atoms with Crippen molar-refractivity contribution in [2.45, 2.75) is 45.1 Å². The molecule has 1 saturated carbocycles. The molecular weight excluding hydrogens is 230 g/mol. The zero-order chi connectivity index (χ0) is 13.4. The van der Waals surface area contributed by atoms with E-state index in [2.05, 4.69) is 50.0 Å². The van der Waals surface area contributed by atoms with Crippen molar-refractivity contribution in [2.24, 2.45) is 11.8 Å². The molecule has 0 spiro atoms. The lowest BCUT2D eigenvalue weighted by Gasteiger charge is -2.19. The van der Waals surface area contributed by atoms with Crippen molar-refractivity contribution in [1.29, 1.82) is 0 Å². The molecule has 1 heteroatoms. The third-order valence-corrected chi connectivity index (χ3v) is 4.92. The van der Waals surface area contributed by atoms with Crippen LogP contribution in [-0.2, 0) is 6.42 Å². The van der Waals surface area contributed by atoms with Crippen molar-refractivity contribution in [1.82, 2.24) is 5.32 Å². The van der Waals surface area contributed by atoms with Gasteiger partial charge < -0.3 is 5.32 Å². The van der Waals surface area contributed by atoms with Gasteiger partial charge in [-0.05, 0) is 61.6 Å². The van der Waals surface area contributed by atoms with Gasteiger partial charge in [0.15, 0.2) is 0 Å². The molecule has 4 atom stereocenters. The predicted molar refractivity (Wildman–Crippen MR) is 81.4 cm³/mol. The van der Waals surface area contributed by atoms with Gasteiger partial charge in [-0.15, -0.1) is 0 Å². The Bertz CT molecular complexity index is 476. The number of aryl methyl sites for hydroxylation is 1. The molecule has 0 radical (unpaired) electrons. The van der Waals surface area contributed by atoms with Crippen LogP contribution in [0.3, 0.4) is 0 Å². The summed E-state index contributed by atoms with van der Waals surface area (Å²) in [5.41, 5.74) is 4.51. The van der Waals surface area contributed by atoms with Gasteiger partial charge in [0, 0.05) is 6.04 Å². The molecule has 1 aromatic carbocycles. The van der Waals surface area contributed by atoms with Gasteiger partial charge >= 0.3 is 0 Å². The molecule has 0 aliphatic heterocycles. The molecule has 19 heavy (non-hydrogen) atoms. The summed E-state index contributed by atoms with van der Waals surface area (Å²) in [6.45, 7) is 9.75. The van der Waals surface area contributed by atoms with Crippen LogP contribution in [-0.4, -0.2) is 12.6 Å². The molecule has 0 aromatic heterocycles. The zero-order valence-electron chi connectivity index (χ0n) is 12.2. The topological polar surface area (TPSA) is 12.0 Å². The highest BCUT2D eigenvalue weighted by Gasteiger charge is 2.56. The second-order valence-corrected chi connectivity index (χ2v) is 6.28. The molecule has 3 rings (SSSR count). The third-order valence-electron chi connectivity index (χ3n) is 4.92. The van der Waals surface area contributed by atoms with Gasteiger partial charge in [0.2, 0.25) is 0 Å². The quantitative estimate of drug-likeness (QED) is 0.787. The Hall–Kier alpha value is -1.08. The average Bonchev–Trinajstić information content (AvgIpc) is 3.14. The number of hydrogen-bond acceptors (Lipinski definition) is 1. The lowest BCUT2D eigenvalue weighted by Crippen LogP contribution is -2.33. The first-order chi connectivity index (χ1) is 9.24. The maximum Gasteiger partial charge on any atom is 0.0311 e. The van der Waals surface area contributed by atoms with Gasteiger partial charge in [0.1, 0.15) is 0 Å². The van der Waals surface area contributed by atoms with Crippen molar-refractivity contribution in [3.63, 3.8) is 0 Å². The van der Waals surface area contributed by atoms with Crippen molar-refractivity contribution in [3.05, 3.63) is 47.5 Å². The summed E-state index contributed by atoms with van der Waals surface area (Å²) in [5.74, 6) is 2.46. The summed E-state index contributed by atoms with van der Waals surface area (Å²) < 4.78 is 0. The van der Waals surface area contributed by atoms with Crippen LogP contribution in [0.15, 0.2) is 36.4 Å². The van der Waals surface area contributed by atoms with Crippen molar-refractivity contribution < 1.29 is 0 Å². The van der Waals surface area contributed by atoms with Gasteiger partial charge in [0.05, 0.1) is 0 Å². The van der Waals surface area contributed by atoms with Crippen molar-refractivity contribution in [2.75, 3.05) is 6.54 Å². The van der Waals surface area contributed by atoms with Crippen molar-refractivity contribution >= 4 is 0 Å². The maximum atomic E-state index is 4.22. The Morgan fingerprint density at radius 3 is 2.95 bits per heavy atom. The molecule has 102 valence electrons. The van der Waals surface area contributed by atoms with Gasteiger partial charge in [-0.1, -0.05) is 43.3 Å². The summed E-state index contributed by atoms with van der Waals surface area (Å²) in [5, 5.41) is 3.72. The van der Waals surface area contributed by atoms with Gasteiger partial charge in [0.25, 0.3) is 0 Å². The van der Waals surface area contributed by atoms with Crippen LogP contribution in [0, 0.1) is 11.8 Å². The van der Waals surface area contributed by atoms with Crippen molar-refractivity contribution in [3.8, 4) is 0 Å². The van der Waals surface area contributed by atoms with E-state index in [1.807, 2.05) is 0 Å². The van der Waals surface area contributed by atoms with Crippen LogP contribution in [0.5, 0.6) is 0 Å². The Morgan fingerprint density at radius 2 is 2.21 bits per heavy atom. The standard InChI is InChI=1S/C18H25N/c1-4-11-19-18(12(2)3)17-15-10-9-13-7-5-6-8-14(13)16(15)17/h5-8,15-19H,2,4,9-11H2,1,3H3. The zero-order valence-corrected chi connectivity index (χ0v) is 12.2. The fraction of sp³-hybridized carbons (Fsp3) is 0.556. The first kappa shape index (κ1) is 12.9. The molecule has 0 heterocycles. The van der Waals surface area contributed by atoms with E-state index < -0.39 is 0 Å². The number of benzene rings is 1. The van der Waals surface area contributed by atoms with E-state index in [0.717, 1.165) is 24.3 Å². The Labute approximate surface area is 117 Å². The third kappa shape index (κ3) is 2.25. The Balaban J connectivity index is 1.80. The van der Waals surface area contributed by atoms with Crippen LogP contribution in [0.4, 0.5) is 0 Å². The van der Waals surface area contributed by atoms with Crippen LogP contribution >= 0.6 is 0 Å². The molecule has 4 unspecified atom stereocenters. The highest BCUT2D eigenvalue weighted by molar-refractivity contribution is 5.41. The van der Waals surface area contributed by atoms with E-state index in [4.69, 9.17) is 0 Å². The highest BCUT2D eigenvalue weighted by Crippen LogP contribution is 2.61. The molecule has 1 N–H and O–H groups in total. The molecular formula is C18H25N. The molecule has 0 saturated heterocycles. The number of nitrogens with one attached hydrogen (secondary N) is 1. The van der Waals surface area contributed by atoms with Crippen LogP contribution in [0.1, 0.15) is 43.7 Å². The highest BCUT2D eigenvalue weighted by atomic mass is 14.9. The summed E-state index contributed by atoms with van der Waals surface area (Å²) in [6.07, 6.45) is 3.83. The average molecular weight is 255 g/mol. The fourth-order valence-electron chi connectivity index (χ4n) is 4.01. The first-order valence-corrected chi connectivity index (χ1v) is 7.70. The monoisotopic (exact) mass is 255 g/mol. The molecule has 0 bridgehead atoms. The molecule has 1 aromatic rings. The van der Waals surface area contributed by atoms with E-state index in [0.29, 0.717) is 6.04 Å². The number of rotatable bonds is 5. The number of fused-ring (bicyclic) bond motifs is 3. The predicted octanol–water partition coefficient (Wildman–Crippen LogP) is 3.91. The van der Waals surface area contributed by atoms with E-state index in [-0.39, 0.29) is 0 Å². The Morgan fingerprint density at radius 1 is 1.42 bits per heavy atom. The van der Waals surface area contributed by atoms with E-state index >= 15 is 0 Å². The SMILES string of the molecule is C=C(C)C(NCCC)C1C2CCc3ccccc3C21. The van der Waals surface area contributed by atoms with E-state index in [9.17, 15) is 0 Å². The van der Waals surface area contributed by atoms with Crippen LogP contribution in [0.25, 0.3) is 0 Å². The lowest BCUT2D eigenvalue weighted by molar-refractivity contribution is 0.482. The normalized spacial score (nSPS) is 29.3. The molecule has 1 nitrogen and oxygen atoms in total. The minimum Gasteiger partial charge on any atom is -0.310 e. The van der Waals surface area contributed by atoms with Gasteiger partial charge in [-0.25, -0.2) is 0 Å². The second-order valence-electron chi connectivity index (χ2n) is 6.28. The summed E-state index contributed by atoms with van der Waals surface area (Å²) >= 11 is 0. The Kier molecular flexibility index (Phi) is 3.49. The molecule has 2 aliphatic rings. The molecule has 0 amide bonds. The van der Waals surface area contributed by atoms with E-state index in [1.165, 1.54) is 24.8 Å². The lowest BCUT2D eigenvalue weighted by atomic mass is 9.92. The summed E-state index contributed by atoms with van der Waals surface area (Å²) in [4.78, 5) is 0. The second kappa shape index (κ2) is 5.13. The maximum absolute atomic E-state index is 4.22. The minimum absolute atomic E-state index is 0.515. The smallest absolute Gasteiger partial charge is 0.0311 e. The summed E-state index contributed by atoms with van der Waals surface area (Å²) in [6, 6.07) is 9.56. The van der Waals surface area contributed by atoms with Crippen LogP contribution in [0.2, 0.25) is 0 Å². The first-order valence-electron chi connectivity index (χ1n) is 7.70. The minimum atomic E-state index is 0.515. The number of hydrogen-bond donors (Lipinski definition) is 1.